The van der Waals surface area contributed by atoms with Gasteiger partial charge in [-0.2, -0.15) is 0 Å². The molecule has 0 atom stereocenters. The fourth-order valence-electron chi connectivity index (χ4n) is 1.93. The van der Waals surface area contributed by atoms with E-state index in [1.807, 2.05) is 30.3 Å². The van der Waals surface area contributed by atoms with Crippen LogP contribution in [0.3, 0.4) is 0 Å². The van der Waals surface area contributed by atoms with E-state index in [9.17, 15) is 9.18 Å². The van der Waals surface area contributed by atoms with Crippen LogP contribution < -0.4 is 16.4 Å². The van der Waals surface area contributed by atoms with Gasteiger partial charge >= 0.3 is 0 Å². The minimum atomic E-state index is -0.354. The molecule has 0 aliphatic carbocycles. The number of anilines is 1. The van der Waals surface area contributed by atoms with Crippen molar-refractivity contribution >= 4 is 41.5 Å². The molecule has 0 fully saturated rings. The monoisotopic (exact) mass is 442 g/mol. The Hall–Kier alpha value is -2.16. The normalized spacial score (nSPS) is 10.6. The molecule has 0 heterocycles. The van der Waals surface area contributed by atoms with E-state index < -0.39 is 0 Å². The molecule has 7 heteroatoms. The van der Waals surface area contributed by atoms with Crippen molar-refractivity contribution in [1.82, 2.24) is 5.32 Å². The average Bonchev–Trinajstić information content (AvgIpc) is 2.56. The number of halogens is 2. The van der Waals surface area contributed by atoms with Gasteiger partial charge in [-0.15, -0.1) is 24.0 Å². The van der Waals surface area contributed by atoms with Crippen LogP contribution in [0.1, 0.15) is 5.56 Å². The van der Waals surface area contributed by atoms with Crippen molar-refractivity contribution in [1.29, 1.82) is 0 Å². The topological polar surface area (TPSA) is 79.5 Å². The Kier molecular flexibility index (Phi) is 8.77. The van der Waals surface area contributed by atoms with Gasteiger partial charge in [0.05, 0.1) is 0 Å². The van der Waals surface area contributed by atoms with Crippen LogP contribution in [0.15, 0.2) is 59.6 Å². The molecule has 128 valence electrons. The average molecular weight is 442 g/mol. The first-order valence-electron chi connectivity index (χ1n) is 7.26. The number of guanidine groups is 1. The molecule has 0 aliphatic rings. The molecule has 0 bridgehead atoms. The number of carbonyl (C=O) groups excluding carboxylic acids is 1. The van der Waals surface area contributed by atoms with Crippen molar-refractivity contribution in [2.75, 3.05) is 18.4 Å². The Labute approximate surface area is 157 Å². The number of hydrogen-bond acceptors (Lipinski definition) is 2. The van der Waals surface area contributed by atoms with Crippen molar-refractivity contribution in [3.8, 4) is 0 Å². The van der Waals surface area contributed by atoms with Gasteiger partial charge in [0.2, 0.25) is 5.91 Å². The number of nitrogens with two attached hydrogens (primary N) is 1. The molecule has 0 aromatic heterocycles. The van der Waals surface area contributed by atoms with Gasteiger partial charge in [-0.25, -0.2) is 9.38 Å². The van der Waals surface area contributed by atoms with Crippen molar-refractivity contribution in [3.63, 3.8) is 0 Å². The first kappa shape index (κ1) is 19.9. The highest BCUT2D eigenvalue weighted by Crippen LogP contribution is 2.07. The van der Waals surface area contributed by atoms with Crippen LogP contribution in [0, 0.1) is 5.82 Å². The Bertz CT molecular complexity index is 662. The van der Waals surface area contributed by atoms with Gasteiger partial charge in [0.1, 0.15) is 12.4 Å². The number of nitrogens with one attached hydrogen (secondary N) is 2. The molecule has 2 rings (SSSR count). The number of carbonyl (C=O) groups is 1. The summed E-state index contributed by atoms with van der Waals surface area (Å²) in [5.41, 5.74) is 7.42. The Balaban J connectivity index is 0.00000288. The molecule has 0 saturated carbocycles. The molecule has 2 aromatic carbocycles. The maximum Gasteiger partial charge on any atom is 0.246 e. The van der Waals surface area contributed by atoms with Crippen LogP contribution in [-0.4, -0.2) is 25.0 Å². The maximum absolute atomic E-state index is 12.8. The molecule has 1 amide bonds. The third kappa shape index (κ3) is 7.40. The zero-order valence-electron chi connectivity index (χ0n) is 13.0. The largest absolute Gasteiger partial charge is 0.370 e. The third-order valence-corrected chi connectivity index (χ3v) is 3.08. The third-order valence-electron chi connectivity index (χ3n) is 3.08. The summed E-state index contributed by atoms with van der Waals surface area (Å²) < 4.78 is 12.8. The number of hydrogen-bond donors (Lipinski definition) is 3. The van der Waals surface area contributed by atoms with Crippen LogP contribution in [0.5, 0.6) is 0 Å². The number of amides is 1. The molecule has 2 aromatic rings. The zero-order chi connectivity index (χ0) is 16.5. The number of rotatable bonds is 6. The van der Waals surface area contributed by atoms with Crippen molar-refractivity contribution in [3.05, 3.63) is 66.0 Å². The quantitative estimate of drug-likeness (QED) is 0.366. The van der Waals surface area contributed by atoms with E-state index in [1.54, 1.807) is 0 Å². The van der Waals surface area contributed by atoms with Gasteiger partial charge in [-0.1, -0.05) is 30.3 Å². The molecular weight excluding hydrogens is 422 g/mol. The smallest absolute Gasteiger partial charge is 0.246 e. The van der Waals surface area contributed by atoms with Gasteiger partial charge in [0.15, 0.2) is 5.96 Å². The van der Waals surface area contributed by atoms with E-state index in [-0.39, 0.29) is 48.2 Å². The van der Waals surface area contributed by atoms with Crippen LogP contribution in [0.2, 0.25) is 0 Å². The van der Waals surface area contributed by atoms with E-state index in [0.717, 1.165) is 6.42 Å². The summed E-state index contributed by atoms with van der Waals surface area (Å²) in [6, 6.07) is 15.5. The van der Waals surface area contributed by atoms with Crippen molar-refractivity contribution in [2.45, 2.75) is 6.42 Å². The minimum Gasteiger partial charge on any atom is -0.370 e. The highest BCUT2D eigenvalue weighted by molar-refractivity contribution is 14.0. The van der Waals surface area contributed by atoms with Gasteiger partial charge in [0, 0.05) is 12.2 Å². The molecule has 24 heavy (non-hydrogen) atoms. The first-order chi connectivity index (χ1) is 11.1. The Morgan fingerprint density at radius 1 is 1.08 bits per heavy atom. The Morgan fingerprint density at radius 3 is 2.42 bits per heavy atom. The van der Waals surface area contributed by atoms with Crippen molar-refractivity contribution < 1.29 is 9.18 Å². The van der Waals surface area contributed by atoms with E-state index in [4.69, 9.17) is 5.73 Å². The summed E-state index contributed by atoms with van der Waals surface area (Å²) in [5.74, 6) is -0.451. The van der Waals surface area contributed by atoms with Crippen LogP contribution in [0.4, 0.5) is 10.1 Å². The van der Waals surface area contributed by atoms with Crippen LogP contribution >= 0.6 is 24.0 Å². The Morgan fingerprint density at radius 2 is 1.75 bits per heavy atom. The predicted octanol–water partition coefficient (Wildman–Crippen LogP) is 2.53. The SMILES string of the molecule is I.NC(=NCC(=O)Nc1ccc(F)cc1)NCCc1ccccc1. The lowest BCUT2D eigenvalue weighted by atomic mass is 10.1. The highest BCUT2D eigenvalue weighted by Gasteiger charge is 2.02. The number of aliphatic imine (C=N–C) groups is 1. The summed E-state index contributed by atoms with van der Waals surface area (Å²) >= 11 is 0. The first-order valence-corrected chi connectivity index (χ1v) is 7.26. The lowest BCUT2D eigenvalue weighted by Gasteiger charge is -2.06. The molecule has 5 nitrogen and oxygen atoms in total. The molecule has 0 unspecified atom stereocenters. The van der Waals surface area contributed by atoms with Crippen LogP contribution in [-0.2, 0) is 11.2 Å². The second-order valence-electron chi connectivity index (χ2n) is 4.92. The predicted molar refractivity (Wildman–Crippen MR) is 105 cm³/mol. The fourth-order valence-corrected chi connectivity index (χ4v) is 1.93. The van der Waals surface area contributed by atoms with E-state index >= 15 is 0 Å². The van der Waals surface area contributed by atoms with E-state index in [2.05, 4.69) is 15.6 Å². The molecule has 0 aliphatic heterocycles. The molecule has 4 N–H and O–H groups in total. The molecule has 0 radical (unpaired) electrons. The zero-order valence-corrected chi connectivity index (χ0v) is 15.4. The van der Waals surface area contributed by atoms with E-state index in [1.165, 1.54) is 29.8 Å². The number of benzene rings is 2. The summed E-state index contributed by atoms with van der Waals surface area (Å²) in [5, 5.41) is 5.57. The lowest BCUT2D eigenvalue weighted by molar-refractivity contribution is -0.114. The van der Waals surface area contributed by atoms with Crippen LogP contribution in [0.25, 0.3) is 0 Å². The summed E-state index contributed by atoms with van der Waals surface area (Å²) in [6.07, 6.45) is 0.818. The molecular formula is C17H20FIN4O. The summed E-state index contributed by atoms with van der Waals surface area (Å²) in [7, 11) is 0. The second kappa shape index (κ2) is 10.6. The van der Waals surface area contributed by atoms with Gasteiger partial charge < -0.3 is 16.4 Å². The van der Waals surface area contributed by atoms with E-state index in [0.29, 0.717) is 12.2 Å². The van der Waals surface area contributed by atoms with Crippen molar-refractivity contribution in [2.24, 2.45) is 10.7 Å². The van der Waals surface area contributed by atoms with Gasteiger partial charge in [0.25, 0.3) is 0 Å². The highest BCUT2D eigenvalue weighted by atomic mass is 127. The standard InChI is InChI=1S/C17H19FN4O.HI/c18-14-6-8-15(9-7-14)22-16(23)12-21-17(19)20-11-10-13-4-2-1-3-5-13;/h1-9H,10-12H2,(H,22,23)(H3,19,20,21);1H. The second-order valence-corrected chi connectivity index (χ2v) is 4.92. The summed E-state index contributed by atoms with van der Waals surface area (Å²) in [6.45, 7) is 0.542. The molecule has 0 spiro atoms. The number of nitrogens with zero attached hydrogens (tertiary/aromatic N) is 1. The van der Waals surface area contributed by atoms with Gasteiger partial charge in [-0.05, 0) is 36.2 Å². The summed E-state index contributed by atoms with van der Waals surface area (Å²) in [4.78, 5) is 15.7. The fraction of sp³-hybridized carbons (Fsp3) is 0.176. The molecule has 0 saturated heterocycles. The minimum absolute atomic E-state index is 0. The van der Waals surface area contributed by atoms with Gasteiger partial charge in [-0.3, -0.25) is 4.79 Å². The lowest BCUT2D eigenvalue weighted by Crippen LogP contribution is -2.34. The maximum atomic E-state index is 12.8.